The van der Waals surface area contributed by atoms with E-state index in [0.29, 0.717) is 0 Å². The predicted molar refractivity (Wildman–Crippen MR) is 70.7 cm³/mol. The lowest BCUT2D eigenvalue weighted by Crippen LogP contribution is -2.44. The van der Waals surface area contributed by atoms with Crippen LogP contribution in [0.2, 0.25) is 19.6 Å². The Morgan fingerprint density at radius 1 is 1.12 bits per heavy atom. The average molecular weight is 238 g/mol. The third-order valence-electron chi connectivity index (χ3n) is 3.12. The largest absolute Gasteiger partial charge is 0.366 e. The van der Waals surface area contributed by atoms with Crippen molar-refractivity contribution >= 4 is 13.9 Å². The molecule has 0 bridgehead atoms. The summed E-state index contributed by atoms with van der Waals surface area (Å²) in [6.07, 6.45) is 4.24. The second kappa shape index (κ2) is 4.22. The van der Waals surface area contributed by atoms with Crippen molar-refractivity contribution in [3.05, 3.63) is 12.4 Å². The molecule has 0 N–H and O–H groups in total. The summed E-state index contributed by atoms with van der Waals surface area (Å²) in [5.41, 5.74) is 1.29. The summed E-state index contributed by atoms with van der Waals surface area (Å²) in [6, 6.07) is 0. The quantitative estimate of drug-likeness (QED) is 0.726. The molecule has 0 spiro atoms. The molecule has 90 valence electrons. The van der Waals surface area contributed by atoms with E-state index < -0.39 is 8.24 Å². The Labute approximate surface area is 98.9 Å². The predicted octanol–water partition coefficient (Wildman–Crippen LogP) is 1.32. The van der Waals surface area contributed by atoms with Crippen molar-refractivity contribution in [2.24, 2.45) is 0 Å². The van der Waals surface area contributed by atoms with Crippen LogP contribution in [0.15, 0.2) is 12.4 Å². The van der Waals surface area contributed by atoms with Crippen LogP contribution in [-0.2, 0) is 0 Å². The second-order valence-electron chi connectivity index (χ2n) is 5.60. The first-order valence-corrected chi connectivity index (χ1v) is 9.40. The van der Waals surface area contributed by atoms with E-state index in [1.54, 1.807) is 0 Å². The van der Waals surface area contributed by atoms with E-state index in [1.165, 1.54) is 5.69 Å². The number of anilines is 1. The molecule has 0 aliphatic carbocycles. The highest BCUT2D eigenvalue weighted by atomic mass is 28.3. The Balaban J connectivity index is 2.08. The van der Waals surface area contributed by atoms with Gasteiger partial charge in [-0.3, -0.25) is 4.35 Å². The summed E-state index contributed by atoms with van der Waals surface area (Å²) >= 11 is 0. The molecule has 1 aliphatic heterocycles. The van der Waals surface area contributed by atoms with Crippen LogP contribution in [0, 0.1) is 0 Å². The minimum atomic E-state index is -1.32. The highest BCUT2D eigenvalue weighted by molar-refractivity contribution is 6.74. The van der Waals surface area contributed by atoms with E-state index >= 15 is 0 Å². The van der Waals surface area contributed by atoms with Gasteiger partial charge >= 0.3 is 0 Å². The Morgan fingerprint density at radius 2 is 1.75 bits per heavy atom. The fraction of sp³-hybridized carbons (Fsp3) is 0.727. The second-order valence-corrected chi connectivity index (χ2v) is 10.4. The fourth-order valence-corrected chi connectivity index (χ4v) is 2.83. The monoisotopic (exact) mass is 238 g/mol. The minimum absolute atomic E-state index is 1.12. The van der Waals surface area contributed by atoms with Crippen LogP contribution in [-0.4, -0.2) is 55.8 Å². The number of nitrogens with zero attached hydrogens (tertiary/aromatic N) is 4. The van der Waals surface area contributed by atoms with Crippen molar-refractivity contribution in [1.82, 2.24) is 14.3 Å². The molecule has 0 saturated carbocycles. The zero-order chi connectivity index (χ0) is 11.8. The Hall–Kier alpha value is -0.813. The third-order valence-corrected chi connectivity index (χ3v) is 4.74. The van der Waals surface area contributed by atoms with Gasteiger partial charge in [0.2, 0.25) is 0 Å². The van der Waals surface area contributed by atoms with Crippen LogP contribution in [0.25, 0.3) is 0 Å². The highest BCUT2D eigenvalue weighted by Gasteiger charge is 2.20. The smallest absolute Gasteiger partial charge is 0.176 e. The van der Waals surface area contributed by atoms with E-state index in [2.05, 4.69) is 52.1 Å². The van der Waals surface area contributed by atoms with Gasteiger partial charge in [-0.05, 0) is 26.7 Å². The number of piperazine rings is 1. The van der Waals surface area contributed by atoms with Gasteiger partial charge in [0.1, 0.15) is 0 Å². The number of hydrogen-bond acceptors (Lipinski definition) is 3. The van der Waals surface area contributed by atoms with E-state index in [0.717, 1.165) is 26.2 Å². The van der Waals surface area contributed by atoms with Gasteiger partial charge in [0.25, 0.3) is 0 Å². The molecule has 1 aromatic heterocycles. The van der Waals surface area contributed by atoms with Gasteiger partial charge in [0.15, 0.2) is 8.24 Å². The van der Waals surface area contributed by atoms with E-state index in [9.17, 15) is 0 Å². The number of likely N-dealkylation sites (N-methyl/N-ethyl adjacent to an activating group) is 1. The molecule has 5 heteroatoms. The molecule has 1 aromatic rings. The van der Waals surface area contributed by atoms with Gasteiger partial charge in [0.05, 0.1) is 11.9 Å². The first kappa shape index (κ1) is 11.7. The first-order chi connectivity index (χ1) is 7.47. The van der Waals surface area contributed by atoms with Gasteiger partial charge in [-0.25, -0.2) is 0 Å². The molecule has 2 rings (SSSR count). The SMILES string of the molecule is CN1CCN(c2cnn([Si](C)(C)C)c2)CC1. The molecule has 1 aliphatic rings. The summed E-state index contributed by atoms with van der Waals surface area (Å²) in [5.74, 6) is 0. The molecule has 16 heavy (non-hydrogen) atoms. The maximum absolute atomic E-state index is 4.50. The first-order valence-electron chi connectivity index (χ1n) is 5.95. The fourth-order valence-electron chi connectivity index (χ4n) is 1.91. The number of rotatable bonds is 2. The zero-order valence-corrected chi connectivity index (χ0v) is 11.8. The van der Waals surface area contributed by atoms with Gasteiger partial charge in [-0.1, -0.05) is 0 Å². The van der Waals surface area contributed by atoms with Crippen molar-refractivity contribution in [3.8, 4) is 0 Å². The number of aromatic nitrogens is 2. The van der Waals surface area contributed by atoms with Crippen LogP contribution in [0.4, 0.5) is 5.69 Å². The van der Waals surface area contributed by atoms with Crippen LogP contribution in [0.1, 0.15) is 0 Å². The normalized spacial score (nSPS) is 19.1. The molecule has 1 saturated heterocycles. The lowest BCUT2D eigenvalue weighted by molar-refractivity contribution is 0.313. The molecule has 0 unspecified atom stereocenters. The van der Waals surface area contributed by atoms with Crippen molar-refractivity contribution in [1.29, 1.82) is 0 Å². The molecular formula is C11H22N4Si. The Kier molecular flexibility index (Phi) is 3.07. The molecule has 0 amide bonds. The molecular weight excluding hydrogens is 216 g/mol. The third kappa shape index (κ3) is 2.47. The van der Waals surface area contributed by atoms with Crippen LogP contribution in [0.3, 0.4) is 0 Å². The van der Waals surface area contributed by atoms with Crippen LogP contribution < -0.4 is 4.90 Å². The van der Waals surface area contributed by atoms with E-state index in [-0.39, 0.29) is 0 Å². The van der Waals surface area contributed by atoms with Gasteiger partial charge in [0, 0.05) is 32.4 Å². The molecule has 0 aromatic carbocycles. The molecule has 4 nitrogen and oxygen atoms in total. The molecule has 1 fully saturated rings. The van der Waals surface area contributed by atoms with Crippen molar-refractivity contribution < 1.29 is 0 Å². The van der Waals surface area contributed by atoms with Gasteiger partial charge in [-0.15, -0.1) is 0 Å². The lowest BCUT2D eigenvalue weighted by atomic mass is 10.3. The van der Waals surface area contributed by atoms with Crippen molar-refractivity contribution in [3.63, 3.8) is 0 Å². The highest BCUT2D eigenvalue weighted by Crippen LogP contribution is 2.17. The Bertz CT molecular complexity index is 347. The Morgan fingerprint density at radius 3 is 2.25 bits per heavy atom. The minimum Gasteiger partial charge on any atom is -0.366 e. The van der Waals surface area contributed by atoms with Crippen LogP contribution in [0.5, 0.6) is 0 Å². The molecule has 2 heterocycles. The number of hydrogen-bond donors (Lipinski definition) is 0. The molecule has 0 atom stereocenters. The maximum Gasteiger partial charge on any atom is 0.176 e. The topological polar surface area (TPSA) is 24.3 Å². The zero-order valence-electron chi connectivity index (χ0n) is 10.8. The van der Waals surface area contributed by atoms with Gasteiger partial charge in [-0.2, -0.15) is 5.10 Å². The summed E-state index contributed by atoms with van der Waals surface area (Å²) in [5, 5.41) is 4.50. The maximum atomic E-state index is 4.50. The van der Waals surface area contributed by atoms with Crippen molar-refractivity contribution in [2.75, 3.05) is 38.1 Å². The average Bonchev–Trinajstić information content (AvgIpc) is 2.67. The summed E-state index contributed by atoms with van der Waals surface area (Å²) in [7, 11) is 0.862. The van der Waals surface area contributed by atoms with Crippen molar-refractivity contribution in [2.45, 2.75) is 19.6 Å². The van der Waals surface area contributed by atoms with E-state index in [4.69, 9.17) is 0 Å². The summed E-state index contributed by atoms with van der Waals surface area (Å²) < 4.78 is 2.18. The van der Waals surface area contributed by atoms with Gasteiger partial charge < -0.3 is 9.80 Å². The van der Waals surface area contributed by atoms with Crippen LogP contribution >= 0.6 is 0 Å². The standard InChI is InChI=1S/C11H22N4Si/c1-13-5-7-14(8-6-13)11-9-12-15(10-11)16(2,3)4/h9-10H,5-8H2,1-4H3. The lowest BCUT2D eigenvalue weighted by Gasteiger charge is -2.33. The van der Waals surface area contributed by atoms with E-state index in [1.807, 2.05) is 6.20 Å². The molecule has 0 radical (unpaired) electrons. The summed E-state index contributed by atoms with van der Waals surface area (Å²) in [6.45, 7) is 11.5. The summed E-state index contributed by atoms with van der Waals surface area (Å²) in [4.78, 5) is 4.81.